The van der Waals surface area contributed by atoms with E-state index in [0.29, 0.717) is 11.6 Å². The van der Waals surface area contributed by atoms with Crippen LogP contribution in [-0.2, 0) is 6.42 Å². The smallest absolute Gasteiger partial charge is 0.387 e. The minimum atomic E-state index is -3.00. The number of halogens is 3. The van der Waals surface area contributed by atoms with Crippen LogP contribution in [0.15, 0.2) is 48.7 Å². The summed E-state index contributed by atoms with van der Waals surface area (Å²) in [4.78, 5) is 17.4. The van der Waals surface area contributed by atoms with Crippen LogP contribution in [0.3, 0.4) is 0 Å². The van der Waals surface area contributed by atoms with Gasteiger partial charge in [0, 0.05) is 23.1 Å². The van der Waals surface area contributed by atoms with Gasteiger partial charge in [-0.15, -0.1) is 11.3 Å². The van der Waals surface area contributed by atoms with E-state index in [2.05, 4.69) is 15.0 Å². The Kier molecular flexibility index (Phi) is 6.15. The van der Waals surface area contributed by atoms with E-state index in [-0.39, 0.29) is 22.9 Å². The lowest BCUT2D eigenvalue weighted by atomic mass is 10.1. The summed E-state index contributed by atoms with van der Waals surface area (Å²) in [5, 5.41) is 3.00. The summed E-state index contributed by atoms with van der Waals surface area (Å²) in [7, 11) is 1.29. The number of nitrogens with one attached hydrogen (secondary N) is 1. The Morgan fingerprint density at radius 2 is 2.04 bits per heavy atom. The molecule has 0 saturated carbocycles. The van der Waals surface area contributed by atoms with E-state index in [1.165, 1.54) is 48.8 Å². The van der Waals surface area contributed by atoms with Gasteiger partial charge in [-0.2, -0.15) is 8.78 Å². The number of benzene rings is 2. The lowest BCUT2D eigenvalue weighted by Gasteiger charge is -2.11. The molecule has 0 saturated heterocycles. The number of carbonyl (C=O) groups is 1. The van der Waals surface area contributed by atoms with Crippen molar-refractivity contribution in [3.8, 4) is 11.5 Å². The molecular formula is C19H15F3N2O3S. The van der Waals surface area contributed by atoms with Gasteiger partial charge in [0.15, 0.2) is 16.6 Å². The second-order valence-corrected chi connectivity index (χ2v) is 6.75. The summed E-state index contributed by atoms with van der Waals surface area (Å²) in [6.07, 6.45) is 2.09. The van der Waals surface area contributed by atoms with Gasteiger partial charge in [-0.25, -0.2) is 9.37 Å². The molecule has 0 fully saturated rings. The minimum absolute atomic E-state index is 0.0129. The van der Waals surface area contributed by atoms with Crippen molar-refractivity contribution in [1.82, 2.24) is 4.98 Å². The van der Waals surface area contributed by atoms with Crippen molar-refractivity contribution in [2.24, 2.45) is 0 Å². The fraction of sp³-hybridized carbons (Fsp3) is 0.158. The molecule has 1 aromatic heterocycles. The number of amides is 1. The second kappa shape index (κ2) is 8.75. The molecule has 3 aromatic rings. The van der Waals surface area contributed by atoms with Gasteiger partial charge in [-0.3, -0.25) is 10.1 Å². The van der Waals surface area contributed by atoms with Crippen LogP contribution >= 0.6 is 11.3 Å². The van der Waals surface area contributed by atoms with Crippen molar-refractivity contribution in [2.75, 3.05) is 12.4 Å². The Labute approximate surface area is 162 Å². The molecule has 0 bridgehead atoms. The second-order valence-electron chi connectivity index (χ2n) is 5.64. The van der Waals surface area contributed by atoms with Crippen molar-refractivity contribution in [1.29, 1.82) is 0 Å². The number of anilines is 1. The van der Waals surface area contributed by atoms with E-state index >= 15 is 0 Å². The Morgan fingerprint density at radius 1 is 1.21 bits per heavy atom. The molecule has 1 heterocycles. The number of hydrogen-bond donors (Lipinski definition) is 1. The van der Waals surface area contributed by atoms with E-state index in [1.54, 1.807) is 18.3 Å². The summed E-state index contributed by atoms with van der Waals surface area (Å²) in [6.45, 7) is -3.00. The number of alkyl halides is 2. The molecule has 1 amide bonds. The number of ether oxygens (including phenoxy) is 2. The first kappa shape index (κ1) is 19.7. The average molecular weight is 408 g/mol. The van der Waals surface area contributed by atoms with E-state index in [4.69, 9.17) is 4.74 Å². The highest BCUT2D eigenvalue weighted by molar-refractivity contribution is 7.15. The Hall–Kier alpha value is -3.07. The van der Waals surface area contributed by atoms with E-state index in [9.17, 15) is 18.0 Å². The van der Waals surface area contributed by atoms with Crippen LogP contribution in [0.1, 0.15) is 20.8 Å². The molecule has 0 unspecified atom stereocenters. The number of methoxy groups -OCH3 is 1. The number of hydrogen-bond acceptors (Lipinski definition) is 5. The molecule has 9 heteroatoms. The van der Waals surface area contributed by atoms with E-state index in [0.717, 1.165) is 10.4 Å². The van der Waals surface area contributed by atoms with Crippen LogP contribution in [0.2, 0.25) is 0 Å². The molecule has 0 atom stereocenters. The fourth-order valence-electron chi connectivity index (χ4n) is 2.47. The monoisotopic (exact) mass is 408 g/mol. The zero-order valence-corrected chi connectivity index (χ0v) is 15.4. The molecule has 0 spiro atoms. The van der Waals surface area contributed by atoms with Crippen LogP contribution in [0.25, 0.3) is 0 Å². The minimum Gasteiger partial charge on any atom is -0.493 e. The maximum absolute atomic E-state index is 13.3. The first-order valence-corrected chi connectivity index (χ1v) is 8.89. The molecule has 1 N–H and O–H groups in total. The third kappa shape index (κ3) is 5.01. The molecule has 0 radical (unpaired) electrons. The first-order chi connectivity index (χ1) is 13.4. The topological polar surface area (TPSA) is 60.5 Å². The first-order valence-electron chi connectivity index (χ1n) is 8.08. The third-order valence-electron chi connectivity index (χ3n) is 3.68. The Morgan fingerprint density at radius 3 is 2.75 bits per heavy atom. The van der Waals surface area contributed by atoms with Gasteiger partial charge in [0.05, 0.1) is 7.11 Å². The molecule has 3 rings (SSSR count). The van der Waals surface area contributed by atoms with Crippen molar-refractivity contribution in [2.45, 2.75) is 13.0 Å². The maximum atomic E-state index is 13.3. The number of nitrogens with zero attached hydrogens (tertiary/aromatic N) is 1. The van der Waals surface area contributed by atoms with Gasteiger partial charge in [0.25, 0.3) is 5.91 Å². The third-order valence-corrected chi connectivity index (χ3v) is 4.60. The summed E-state index contributed by atoms with van der Waals surface area (Å²) in [5.74, 6) is -0.947. The highest BCUT2D eigenvalue weighted by Gasteiger charge is 2.15. The molecule has 5 nitrogen and oxygen atoms in total. The highest BCUT2D eigenvalue weighted by atomic mass is 32.1. The number of carbonyl (C=O) groups excluding carboxylic acids is 1. The van der Waals surface area contributed by atoms with Crippen LogP contribution in [0.4, 0.5) is 18.3 Å². The summed E-state index contributed by atoms with van der Waals surface area (Å²) in [5.41, 5.74) is 0.987. The van der Waals surface area contributed by atoms with Crippen LogP contribution in [-0.4, -0.2) is 24.6 Å². The van der Waals surface area contributed by atoms with E-state index < -0.39 is 12.5 Å². The summed E-state index contributed by atoms with van der Waals surface area (Å²) >= 11 is 1.26. The van der Waals surface area contributed by atoms with Crippen LogP contribution < -0.4 is 14.8 Å². The molecule has 146 valence electrons. The molecule has 2 aromatic carbocycles. The number of thiazole rings is 1. The van der Waals surface area contributed by atoms with Crippen molar-refractivity contribution in [3.63, 3.8) is 0 Å². The van der Waals surface area contributed by atoms with E-state index in [1.807, 2.05) is 0 Å². The number of aromatic nitrogens is 1. The zero-order chi connectivity index (χ0) is 20.1. The highest BCUT2D eigenvalue weighted by Crippen LogP contribution is 2.30. The number of rotatable bonds is 7. The van der Waals surface area contributed by atoms with Crippen molar-refractivity contribution >= 4 is 22.4 Å². The summed E-state index contributed by atoms with van der Waals surface area (Å²) < 4.78 is 47.3. The molecule has 0 aliphatic carbocycles. The van der Waals surface area contributed by atoms with Gasteiger partial charge in [-0.05, 0) is 35.9 Å². The molecule has 0 aliphatic rings. The molecule has 28 heavy (non-hydrogen) atoms. The van der Waals surface area contributed by atoms with Crippen LogP contribution in [0.5, 0.6) is 11.5 Å². The van der Waals surface area contributed by atoms with Gasteiger partial charge < -0.3 is 9.47 Å². The quantitative estimate of drug-likeness (QED) is 0.614. The lowest BCUT2D eigenvalue weighted by molar-refractivity contribution is -0.0512. The van der Waals surface area contributed by atoms with Crippen LogP contribution in [0, 0.1) is 5.82 Å². The zero-order valence-electron chi connectivity index (χ0n) is 14.6. The predicted molar refractivity (Wildman–Crippen MR) is 98.9 cm³/mol. The van der Waals surface area contributed by atoms with Gasteiger partial charge in [0.2, 0.25) is 0 Å². The lowest BCUT2D eigenvalue weighted by Crippen LogP contribution is -2.12. The van der Waals surface area contributed by atoms with Gasteiger partial charge >= 0.3 is 6.61 Å². The largest absolute Gasteiger partial charge is 0.493 e. The standard InChI is InChI=1S/C19H15F3N2O3S/c1-26-16-9-12(5-6-15(16)27-18(21)22)17(25)24-19-23-10-14(28-19)8-11-3-2-4-13(20)7-11/h2-7,9-10,18H,8H2,1H3,(H,23,24,25). The maximum Gasteiger partial charge on any atom is 0.387 e. The molecule has 0 aliphatic heterocycles. The van der Waals surface area contributed by atoms with Crippen molar-refractivity contribution in [3.05, 3.63) is 70.5 Å². The van der Waals surface area contributed by atoms with Gasteiger partial charge in [-0.1, -0.05) is 12.1 Å². The van der Waals surface area contributed by atoms with Crippen molar-refractivity contribution < 1.29 is 27.4 Å². The summed E-state index contributed by atoms with van der Waals surface area (Å²) in [6, 6.07) is 10.1. The SMILES string of the molecule is COc1cc(C(=O)Nc2ncc(Cc3cccc(F)c3)s2)ccc1OC(F)F. The molecular weight excluding hydrogens is 393 g/mol. The fourth-order valence-corrected chi connectivity index (χ4v) is 3.31. The normalized spacial score (nSPS) is 10.8. The predicted octanol–water partition coefficient (Wildman–Crippen LogP) is 4.74. The Bertz CT molecular complexity index is 979. The Balaban J connectivity index is 1.69. The average Bonchev–Trinajstić information content (AvgIpc) is 3.08. The van der Waals surface area contributed by atoms with Gasteiger partial charge in [0.1, 0.15) is 5.82 Å².